The summed E-state index contributed by atoms with van der Waals surface area (Å²) in [6, 6.07) is 5.08. The molecule has 0 atom stereocenters. The Hall–Kier alpha value is -3.09. The molecule has 1 aromatic carbocycles. The molecule has 0 aliphatic heterocycles. The predicted molar refractivity (Wildman–Crippen MR) is 89.3 cm³/mol. The normalized spacial score (nSPS) is 10.5. The number of carboxylic acid groups (broad SMARTS) is 1. The van der Waals surface area contributed by atoms with Gasteiger partial charge in [-0.15, -0.1) is 0 Å². The van der Waals surface area contributed by atoms with Crippen LogP contribution in [0.2, 0.25) is 0 Å². The molecule has 2 rings (SSSR count). The SMILES string of the molecule is C=C(C)COc1ccc2c(C)c(CC(=O)NCC(=O)[O-])c(=O)oc2c1. The average molecular weight is 344 g/mol. The summed E-state index contributed by atoms with van der Waals surface area (Å²) in [6.07, 6.45) is -0.273. The van der Waals surface area contributed by atoms with E-state index in [4.69, 9.17) is 9.15 Å². The highest BCUT2D eigenvalue weighted by molar-refractivity contribution is 5.86. The molecule has 1 amide bonds. The van der Waals surface area contributed by atoms with Gasteiger partial charge in [-0.2, -0.15) is 0 Å². The number of benzene rings is 1. The van der Waals surface area contributed by atoms with E-state index in [2.05, 4.69) is 11.9 Å². The number of carbonyl (C=O) groups is 2. The highest BCUT2D eigenvalue weighted by Crippen LogP contribution is 2.24. The van der Waals surface area contributed by atoms with Crippen molar-refractivity contribution in [3.8, 4) is 5.75 Å². The van der Waals surface area contributed by atoms with Crippen LogP contribution in [0.3, 0.4) is 0 Å². The van der Waals surface area contributed by atoms with Gasteiger partial charge in [0.05, 0.1) is 24.5 Å². The molecule has 132 valence electrons. The van der Waals surface area contributed by atoms with Crippen molar-refractivity contribution < 1.29 is 23.8 Å². The van der Waals surface area contributed by atoms with Gasteiger partial charge in [-0.05, 0) is 37.1 Å². The van der Waals surface area contributed by atoms with Gasteiger partial charge in [0.2, 0.25) is 5.91 Å². The number of hydrogen-bond acceptors (Lipinski definition) is 6. The summed E-state index contributed by atoms with van der Waals surface area (Å²) in [4.78, 5) is 34.3. The number of aryl methyl sites for hydroxylation is 1. The Balaban J connectivity index is 2.30. The molecule has 2 aromatic rings. The van der Waals surface area contributed by atoms with Crippen LogP contribution in [-0.2, 0) is 16.0 Å². The summed E-state index contributed by atoms with van der Waals surface area (Å²) < 4.78 is 10.8. The summed E-state index contributed by atoms with van der Waals surface area (Å²) in [7, 11) is 0. The van der Waals surface area contributed by atoms with Crippen molar-refractivity contribution in [1.29, 1.82) is 0 Å². The number of rotatable bonds is 7. The standard InChI is InChI=1S/C18H19NO6/c1-10(2)9-24-12-4-5-13-11(3)14(18(23)25-15(13)6-12)7-16(20)19-8-17(21)22/h4-6H,1,7-9H2,2-3H3,(H,19,20)(H,21,22)/p-1. The lowest BCUT2D eigenvalue weighted by Crippen LogP contribution is -2.38. The highest BCUT2D eigenvalue weighted by Gasteiger charge is 2.15. The van der Waals surface area contributed by atoms with Gasteiger partial charge in [0.1, 0.15) is 17.9 Å². The Morgan fingerprint density at radius 3 is 2.72 bits per heavy atom. The summed E-state index contributed by atoms with van der Waals surface area (Å²) >= 11 is 0. The maximum absolute atomic E-state index is 12.2. The number of nitrogens with one attached hydrogen (secondary N) is 1. The number of fused-ring (bicyclic) bond motifs is 1. The molecular weight excluding hydrogens is 326 g/mol. The number of aliphatic carboxylic acids is 1. The van der Waals surface area contributed by atoms with Crippen LogP contribution in [0.4, 0.5) is 0 Å². The molecule has 1 N–H and O–H groups in total. The minimum atomic E-state index is -1.40. The quantitative estimate of drug-likeness (QED) is 0.577. The molecule has 7 nitrogen and oxygen atoms in total. The van der Waals surface area contributed by atoms with Crippen LogP contribution in [-0.4, -0.2) is 25.0 Å². The molecule has 0 saturated carbocycles. The minimum absolute atomic E-state index is 0.180. The van der Waals surface area contributed by atoms with Gasteiger partial charge < -0.3 is 24.4 Å². The van der Waals surface area contributed by atoms with Crippen LogP contribution in [0.25, 0.3) is 11.0 Å². The van der Waals surface area contributed by atoms with E-state index < -0.39 is 24.0 Å². The average Bonchev–Trinajstić information content (AvgIpc) is 2.54. The van der Waals surface area contributed by atoms with Crippen molar-refractivity contribution in [1.82, 2.24) is 5.32 Å². The number of amides is 1. The maximum Gasteiger partial charge on any atom is 0.340 e. The molecule has 25 heavy (non-hydrogen) atoms. The summed E-state index contributed by atoms with van der Waals surface area (Å²) in [6.45, 7) is 7.03. The van der Waals surface area contributed by atoms with E-state index >= 15 is 0 Å². The van der Waals surface area contributed by atoms with Gasteiger partial charge in [0.25, 0.3) is 0 Å². The lowest BCUT2D eigenvalue weighted by Gasteiger charge is -2.10. The first-order valence-corrected chi connectivity index (χ1v) is 7.58. The Morgan fingerprint density at radius 1 is 1.36 bits per heavy atom. The molecular formula is C18H18NO6-. The number of carbonyl (C=O) groups excluding carboxylic acids is 2. The topological polar surface area (TPSA) is 109 Å². The van der Waals surface area contributed by atoms with Crippen LogP contribution < -0.4 is 20.8 Å². The second-order valence-corrected chi connectivity index (χ2v) is 5.72. The van der Waals surface area contributed by atoms with Gasteiger partial charge in [0.15, 0.2) is 0 Å². The molecule has 0 saturated heterocycles. The molecule has 0 aliphatic rings. The Bertz CT molecular complexity index is 896. The van der Waals surface area contributed by atoms with E-state index in [1.54, 1.807) is 25.1 Å². The largest absolute Gasteiger partial charge is 0.548 e. The molecule has 7 heteroatoms. The predicted octanol–water partition coefficient (Wildman–Crippen LogP) is 0.465. The first-order valence-electron chi connectivity index (χ1n) is 7.58. The van der Waals surface area contributed by atoms with E-state index in [1.165, 1.54) is 0 Å². The number of carboxylic acids is 1. The van der Waals surface area contributed by atoms with Crippen molar-refractivity contribution in [3.05, 3.63) is 51.9 Å². The van der Waals surface area contributed by atoms with Crippen LogP contribution >= 0.6 is 0 Å². The van der Waals surface area contributed by atoms with E-state index in [9.17, 15) is 19.5 Å². The first kappa shape index (κ1) is 18.3. The second-order valence-electron chi connectivity index (χ2n) is 5.72. The van der Waals surface area contributed by atoms with E-state index in [0.717, 1.165) is 5.57 Å². The zero-order valence-corrected chi connectivity index (χ0v) is 14.0. The van der Waals surface area contributed by atoms with Crippen LogP contribution in [0, 0.1) is 6.92 Å². The molecule has 1 aromatic heterocycles. The Kier molecular flexibility index (Phi) is 5.59. The Morgan fingerprint density at radius 2 is 2.08 bits per heavy atom. The van der Waals surface area contributed by atoms with Gasteiger partial charge in [-0.3, -0.25) is 4.79 Å². The van der Waals surface area contributed by atoms with E-state index in [0.29, 0.717) is 28.9 Å². The monoisotopic (exact) mass is 344 g/mol. The smallest absolute Gasteiger partial charge is 0.340 e. The third-order valence-electron chi connectivity index (χ3n) is 3.51. The maximum atomic E-state index is 12.2. The number of ether oxygens (including phenoxy) is 1. The molecule has 0 unspecified atom stereocenters. The van der Waals surface area contributed by atoms with E-state index in [1.807, 2.05) is 6.92 Å². The molecule has 0 bridgehead atoms. The fourth-order valence-electron chi connectivity index (χ4n) is 2.27. The zero-order valence-electron chi connectivity index (χ0n) is 14.0. The summed E-state index contributed by atoms with van der Waals surface area (Å²) in [5, 5.41) is 13.2. The zero-order chi connectivity index (χ0) is 18.6. The fraction of sp³-hybridized carbons (Fsp3) is 0.278. The molecule has 1 heterocycles. The van der Waals surface area contributed by atoms with Gasteiger partial charge in [-0.1, -0.05) is 6.58 Å². The summed E-state index contributed by atoms with van der Waals surface area (Å²) in [5.74, 6) is -1.46. The molecule has 0 aliphatic carbocycles. The third-order valence-corrected chi connectivity index (χ3v) is 3.51. The first-order chi connectivity index (χ1) is 11.8. The molecule has 0 fully saturated rings. The van der Waals surface area contributed by atoms with Crippen LogP contribution in [0.15, 0.2) is 39.6 Å². The van der Waals surface area contributed by atoms with Crippen molar-refractivity contribution in [3.63, 3.8) is 0 Å². The van der Waals surface area contributed by atoms with Gasteiger partial charge >= 0.3 is 5.63 Å². The van der Waals surface area contributed by atoms with Crippen molar-refractivity contribution in [2.45, 2.75) is 20.3 Å². The fourth-order valence-corrected chi connectivity index (χ4v) is 2.27. The second kappa shape index (κ2) is 7.65. The van der Waals surface area contributed by atoms with E-state index in [-0.39, 0.29) is 12.0 Å². The number of hydrogen-bond donors (Lipinski definition) is 1. The van der Waals surface area contributed by atoms with Gasteiger partial charge in [-0.25, -0.2) is 4.79 Å². The molecule has 0 spiro atoms. The minimum Gasteiger partial charge on any atom is -0.548 e. The summed E-state index contributed by atoms with van der Waals surface area (Å²) in [5.41, 5.74) is 1.34. The van der Waals surface area contributed by atoms with Crippen LogP contribution in [0.1, 0.15) is 18.1 Å². The third kappa shape index (κ3) is 4.69. The Labute approximate surface area is 143 Å². The lowest BCUT2D eigenvalue weighted by molar-refractivity contribution is -0.304. The molecule has 0 radical (unpaired) electrons. The van der Waals surface area contributed by atoms with Crippen molar-refractivity contribution in [2.75, 3.05) is 13.2 Å². The van der Waals surface area contributed by atoms with Crippen molar-refractivity contribution in [2.24, 2.45) is 0 Å². The van der Waals surface area contributed by atoms with Crippen molar-refractivity contribution >= 4 is 22.8 Å². The lowest BCUT2D eigenvalue weighted by atomic mass is 10.0. The highest BCUT2D eigenvalue weighted by atomic mass is 16.5. The van der Waals surface area contributed by atoms with Gasteiger partial charge in [0, 0.05) is 11.5 Å². The van der Waals surface area contributed by atoms with Crippen LogP contribution in [0.5, 0.6) is 5.75 Å².